The molecule has 1 aliphatic heterocycles. The minimum absolute atomic E-state index is 0.0653. The number of Topliss-reactive ketones (excluding diaryl/α,β-unsaturated/α-hetero) is 1. The highest BCUT2D eigenvalue weighted by molar-refractivity contribution is 6.15. The number of nitrogens with zero attached hydrogens (tertiary/aromatic N) is 2. The van der Waals surface area contributed by atoms with Gasteiger partial charge in [-0.2, -0.15) is 0 Å². The van der Waals surface area contributed by atoms with Gasteiger partial charge in [-0.25, -0.2) is 0 Å². The minimum Gasteiger partial charge on any atom is -0.507 e. The highest BCUT2D eigenvalue weighted by atomic mass is 16.6. The van der Waals surface area contributed by atoms with Gasteiger partial charge < -0.3 is 14.7 Å². The lowest BCUT2D eigenvalue weighted by Crippen LogP contribution is -2.12. The molecule has 3 rings (SSSR count). The molecule has 0 aromatic heterocycles. The van der Waals surface area contributed by atoms with Crippen molar-refractivity contribution in [2.24, 2.45) is 0 Å². The molecule has 134 valence electrons. The second kappa shape index (κ2) is 6.61. The number of hydrogen-bond donors (Lipinski definition) is 1. The number of phenols is 1. The number of non-ortho nitro benzene ring substituents is 1. The number of benzene rings is 2. The van der Waals surface area contributed by atoms with Crippen LogP contribution in [0.1, 0.15) is 27.0 Å². The van der Waals surface area contributed by atoms with E-state index in [1.807, 2.05) is 19.0 Å². The van der Waals surface area contributed by atoms with Crippen molar-refractivity contribution in [2.75, 3.05) is 14.1 Å². The molecule has 1 aliphatic rings. The van der Waals surface area contributed by atoms with Gasteiger partial charge in [-0.1, -0.05) is 12.1 Å². The quantitative estimate of drug-likeness (QED) is 0.514. The minimum atomic E-state index is -0.495. The zero-order valence-electron chi connectivity index (χ0n) is 14.6. The van der Waals surface area contributed by atoms with Crippen LogP contribution in [-0.2, 0) is 6.54 Å². The molecule has 0 saturated heterocycles. The summed E-state index contributed by atoms with van der Waals surface area (Å²) in [6.07, 6.45) is 1.48. The van der Waals surface area contributed by atoms with Gasteiger partial charge >= 0.3 is 0 Å². The van der Waals surface area contributed by atoms with Crippen molar-refractivity contribution < 1.29 is 19.6 Å². The Morgan fingerprint density at radius 2 is 2.04 bits per heavy atom. The summed E-state index contributed by atoms with van der Waals surface area (Å²) in [7, 11) is 3.70. The van der Waals surface area contributed by atoms with E-state index in [0.717, 1.165) is 0 Å². The van der Waals surface area contributed by atoms with Crippen molar-refractivity contribution in [1.82, 2.24) is 4.90 Å². The number of phenolic OH excluding ortho intramolecular Hbond substituents is 1. The van der Waals surface area contributed by atoms with Crippen molar-refractivity contribution in [3.05, 3.63) is 68.5 Å². The van der Waals surface area contributed by atoms with Crippen LogP contribution in [0.2, 0.25) is 0 Å². The topological polar surface area (TPSA) is 92.9 Å². The van der Waals surface area contributed by atoms with E-state index in [4.69, 9.17) is 4.74 Å². The van der Waals surface area contributed by atoms with E-state index in [1.165, 1.54) is 18.2 Å². The molecule has 0 spiro atoms. The van der Waals surface area contributed by atoms with Crippen LogP contribution < -0.4 is 4.74 Å². The molecular weight excluding hydrogens is 336 g/mol. The summed E-state index contributed by atoms with van der Waals surface area (Å²) in [5.41, 5.74) is 1.99. The Morgan fingerprint density at radius 3 is 2.69 bits per heavy atom. The van der Waals surface area contributed by atoms with Crippen LogP contribution in [-0.4, -0.2) is 34.8 Å². The number of nitro benzene ring substituents is 1. The van der Waals surface area contributed by atoms with Gasteiger partial charge in [-0.05, 0) is 44.3 Å². The summed E-state index contributed by atoms with van der Waals surface area (Å²) in [5.74, 6) is 0.190. The lowest BCUT2D eigenvalue weighted by Gasteiger charge is -2.15. The highest BCUT2D eigenvalue weighted by Crippen LogP contribution is 2.42. The van der Waals surface area contributed by atoms with E-state index >= 15 is 0 Å². The SMILES string of the molecule is Cc1cc(O)c(CN(C)C)c2c1C(=O)/C(=C/c1cccc([N+](=O)[O-])c1)O2. The predicted molar refractivity (Wildman–Crippen MR) is 96.3 cm³/mol. The van der Waals surface area contributed by atoms with Gasteiger partial charge in [0, 0.05) is 18.7 Å². The Kier molecular flexibility index (Phi) is 4.48. The van der Waals surface area contributed by atoms with Crippen molar-refractivity contribution in [2.45, 2.75) is 13.5 Å². The molecule has 0 unspecified atom stereocenters. The molecule has 0 atom stereocenters. The maximum Gasteiger partial charge on any atom is 0.270 e. The van der Waals surface area contributed by atoms with E-state index in [1.54, 1.807) is 25.1 Å². The molecule has 2 aromatic rings. The smallest absolute Gasteiger partial charge is 0.270 e. The molecule has 0 saturated carbocycles. The van der Waals surface area contributed by atoms with E-state index in [9.17, 15) is 20.0 Å². The number of carbonyl (C=O) groups is 1. The third-order valence-corrected chi connectivity index (χ3v) is 4.07. The Hall–Kier alpha value is -3.19. The predicted octanol–water partition coefficient (Wildman–Crippen LogP) is 3.29. The van der Waals surface area contributed by atoms with Crippen LogP contribution in [0.5, 0.6) is 11.5 Å². The van der Waals surface area contributed by atoms with Crippen LogP contribution in [0.3, 0.4) is 0 Å². The molecule has 0 amide bonds. The van der Waals surface area contributed by atoms with Gasteiger partial charge in [-0.3, -0.25) is 14.9 Å². The Bertz CT molecular complexity index is 947. The number of allylic oxidation sites excluding steroid dienone is 1. The fourth-order valence-electron chi connectivity index (χ4n) is 2.93. The number of aromatic hydroxyl groups is 1. The average Bonchev–Trinajstić information content (AvgIpc) is 2.88. The number of rotatable bonds is 4. The maximum absolute atomic E-state index is 12.8. The van der Waals surface area contributed by atoms with E-state index in [0.29, 0.717) is 34.5 Å². The van der Waals surface area contributed by atoms with Crippen molar-refractivity contribution in [3.63, 3.8) is 0 Å². The molecule has 26 heavy (non-hydrogen) atoms. The summed E-state index contributed by atoms with van der Waals surface area (Å²) in [4.78, 5) is 25.1. The second-order valence-corrected chi connectivity index (χ2v) is 6.42. The fourth-order valence-corrected chi connectivity index (χ4v) is 2.93. The first-order valence-corrected chi connectivity index (χ1v) is 7.97. The van der Waals surface area contributed by atoms with E-state index in [2.05, 4.69) is 0 Å². The third-order valence-electron chi connectivity index (χ3n) is 4.07. The Morgan fingerprint density at radius 1 is 1.31 bits per heavy atom. The molecule has 0 radical (unpaired) electrons. The largest absolute Gasteiger partial charge is 0.507 e. The number of nitro groups is 1. The molecule has 7 heteroatoms. The van der Waals surface area contributed by atoms with Gasteiger partial charge in [0.05, 0.1) is 16.1 Å². The zero-order chi connectivity index (χ0) is 19.0. The number of ketones is 1. The van der Waals surface area contributed by atoms with Gasteiger partial charge in [-0.15, -0.1) is 0 Å². The van der Waals surface area contributed by atoms with Gasteiger partial charge in [0.25, 0.3) is 5.69 Å². The number of fused-ring (bicyclic) bond motifs is 1. The molecule has 0 bridgehead atoms. The van der Waals surface area contributed by atoms with Crippen LogP contribution >= 0.6 is 0 Å². The molecule has 2 aromatic carbocycles. The van der Waals surface area contributed by atoms with Crippen molar-refractivity contribution in [1.29, 1.82) is 0 Å². The lowest BCUT2D eigenvalue weighted by molar-refractivity contribution is -0.384. The second-order valence-electron chi connectivity index (χ2n) is 6.42. The molecule has 1 N–H and O–H groups in total. The number of hydrogen-bond acceptors (Lipinski definition) is 6. The molecule has 0 fully saturated rings. The lowest BCUT2D eigenvalue weighted by atomic mass is 9.99. The van der Waals surface area contributed by atoms with Crippen LogP contribution in [0.15, 0.2) is 36.1 Å². The zero-order valence-corrected chi connectivity index (χ0v) is 14.6. The molecule has 1 heterocycles. The van der Waals surface area contributed by atoms with Gasteiger partial charge in [0.15, 0.2) is 5.76 Å². The normalized spacial score (nSPS) is 14.6. The summed E-state index contributed by atoms with van der Waals surface area (Å²) in [6, 6.07) is 7.51. The van der Waals surface area contributed by atoms with Gasteiger partial charge in [0.2, 0.25) is 5.78 Å². The first-order chi connectivity index (χ1) is 12.3. The Labute approximate surface area is 150 Å². The van der Waals surface area contributed by atoms with Crippen molar-refractivity contribution >= 4 is 17.5 Å². The first-order valence-electron chi connectivity index (χ1n) is 7.97. The standard InChI is InChI=1S/C19H18N2O5/c1-11-7-15(22)14(10-20(2)3)19-17(11)18(23)16(26-19)9-12-5-4-6-13(8-12)21(24)25/h4-9,22H,10H2,1-3H3/b16-9-. The number of carbonyl (C=O) groups excluding carboxylic acids is 1. The molecule has 7 nitrogen and oxygen atoms in total. The summed E-state index contributed by atoms with van der Waals surface area (Å²) in [6.45, 7) is 2.14. The number of aryl methyl sites for hydroxylation is 1. The number of ether oxygens (including phenoxy) is 1. The third kappa shape index (κ3) is 3.16. The average molecular weight is 354 g/mol. The summed E-state index contributed by atoms with van der Waals surface area (Å²) >= 11 is 0. The molecule has 0 aliphatic carbocycles. The Balaban J connectivity index is 2.06. The van der Waals surface area contributed by atoms with Crippen LogP contribution in [0.25, 0.3) is 6.08 Å². The highest BCUT2D eigenvalue weighted by Gasteiger charge is 2.33. The van der Waals surface area contributed by atoms with E-state index < -0.39 is 4.92 Å². The monoisotopic (exact) mass is 354 g/mol. The fraction of sp³-hybridized carbons (Fsp3) is 0.211. The van der Waals surface area contributed by atoms with Crippen LogP contribution in [0.4, 0.5) is 5.69 Å². The molecular formula is C19H18N2O5. The first kappa shape index (κ1) is 17.6. The maximum atomic E-state index is 12.8. The summed E-state index contributed by atoms with van der Waals surface area (Å²) < 4.78 is 5.77. The van der Waals surface area contributed by atoms with Crippen LogP contribution in [0, 0.1) is 17.0 Å². The van der Waals surface area contributed by atoms with Crippen molar-refractivity contribution in [3.8, 4) is 11.5 Å². The summed E-state index contributed by atoms with van der Waals surface area (Å²) in [5, 5.41) is 21.2. The van der Waals surface area contributed by atoms with E-state index in [-0.39, 0.29) is 23.0 Å². The van der Waals surface area contributed by atoms with Gasteiger partial charge in [0.1, 0.15) is 11.5 Å².